The summed E-state index contributed by atoms with van der Waals surface area (Å²) in [6.45, 7) is 6.86. The van der Waals surface area contributed by atoms with Crippen molar-refractivity contribution in [3.05, 3.63) is 29.3 Å². The maximum absolute atomic E-state index is 12.0. The molecule has 3 N–H and O–H groups in total. The first-order valence-corrected chi connectivity index (χ1v) is 7.63. The zero-order valence-electron chi connectivity index (χ0n) is 12.1. The molecule has 0 bridgehead atoms. The van der Waals surface area contributed by atoms with E-state index in [1.165, 1.54) is 0 Å². The van der Waals surface area contributed by atoms with E-state index in [0.717, 1.165) is 5.56 Å². The minimum Gasteiger partial charge on any atom is -0.384 e. The van der Waals surface area contributed by atoms with Crippen molar-refractivity contribution in [2.24, 2.45) is 0 Å². The van der Waals surface area contributed by atoms with Gasteiger partial charge in [-0.2, -0.15) is 13.1 Å². The molecule has 0 atom stereocenters. The highest BCUT2D eigenvalue weighted by molar-refractivity contribution is 7.90. The first-order chi connectivity index (χ1) is 9.13. The van der Waals surface area contributed by atoms with Crippen molar-refractivity contribution < 1.29 is 13.5 Å². The number of hydrogen-bond donors (Lipinski definition) is 3. The van der Waals surface area contributed by atoms with E-state index in [1.54, 1.807) is 32.9 Å². The molecule has 0 fully saturated rings. The predicted molar refractivity (Wildman–Crippen MR) is 80.6 cm³/mol. The summed E-state index contributed by atoms with van der Waals surface area (Å²) < 4.78 is 29.0. The van der Waals surface area contributed by atoms with Gasteiger partial charge in [-0.3, -0.25) is 4.72 Å². The lowest BCUT2D eigenvalue weighted by molar-refractivity contribution is 0.350. The minimum atomic E-state index is -3.69. The van der Waals surface area contributed by atoms with E-state index in [0.29, 0.717) is 11.3 Å². The topological polar surface area (TPSA) is 78.4 Å². The molecule has 0 aliphatic rings. The first-order valence-electron chi connectivity index (χ1n) is 6.15. The van der Waals surface area contributed by atoms with Crippen molar-refractivity contribution in [1.29, 1.82) is 0 Å². The highest BCUT2D eigenvalue weighted by Gasteiger charge is 2.20. The third-order valence-corrected chi connectivity index (χ3v) is 3.53. The number of aliphatic hydroxyl groups is 1. The Hall–Kier alpha value is -1.55. The highest BCUT2D eigenvalue weighted by Crippen LogP contribution is 2.18. The minimum absolute atomic E-state index is 0.277. The summed E-state index contributed by atoms with van der Waals surface area (Å²) >= 11 is 0. The second kappa shape index (κ2) is 6.27. The molecule has 110 valence electrons. The average molecular weight is 296 g/mol. The Balaban J connectivity index is 3.11. The van der Waals surface area contributed by atoms with E-state index in [4.69, 9.17) is 5.11 Å². The molecule has 1 rings (SSSR count). The lowest BCUT2D eigenvalue weighted by Crippen LogP contribution is -2.43. The van der Waals surface area contributed by atoms with Gasteiger partial charge in [-0.15, -0.1) is 0 Å². The maximum Gasteiger partial charge on any atom is 0.299 e. The van der Waals surface area contributed by atoms with Crippen LogP contribution in [0.15, 0.2) is 18.2 Å². The van der Waals surface area contributed by atoms with Gasteiger partial charge in [0.25, 0.3) is 10.2 Å². The van der Waals surface area contributed by atoms with E-state index in [2.05, 4.69) is 21.3 Å². The van der Waals surface area contributed by atoms with Crippen LogP contribution < -0.4 is 9.44 Å². The summed E-state index contributed by atoms with van der Waals surface area (Å²) in [7, 11) is -3.69. The molecule has 20 heavy (non-hydrogen) atoms. The second-order valence-corrected chi connectivity index (χ2v) is 6.88. The molecular weight excluding hydrogens is 276 g/mol. The molecule has 5 nitrogen and oxygen atoms in total. The van der Waals surface area contributed by atoms with Crippen LogP contribution in [-0.4, -0.2) is 25.7 Å². The summed E-state index contributed by atoms with van der Waals surface area (Å²) in [5.41, 5.74) is 1.24. The van der Waals surface area contributed by atoms with Gasteiger partial charge in [0.15, 0.2) is 0 Å². The fourth-order valence-corrected chi connectivity index (χ4v) is 2.88. The first kappa shape index (κ1) is 16.5. The van der Waals surface area contributed by atoms with Crippen LogP contribution >= 0.6 is 0 Å². The van der Waals surface area contributed by atoms with Crippen molar-refractivity contribution >= 4 is 15.9 Å². The van der Waals surface area contributed by atoms with Gasteiger partial charge in [-0.25, -0.2) is 0 Å². The second-order valence-electron chi connectivity index (χ2n) is 5.47. The number of hydrogen-bond acceptors (Lipinski definition) is 3. The van der Waals surface area contributed by atoms with Crippen molar-refractivity contribution in [2.45, 2.75) is 33.2 Å². The SMILES string of the molecule is Cc1ccc(C#CCO)c(NS(=O)(=O)NC(C)(C)C)c1. The number of nitrogens with one attached hydrogen (secondary N) is 2. The van der Waals surface area contributed by atoms with E-state index in [-0.39, 0.29) is 6.61 Å². The lowest BCUT2D eigenvalue weighted by atomic mass is 10.1. The molecule has 0 unspecified atom stereocenters. The number of rotatable bonds is 3. The summed E-state index contributed by atoms with van der Waals surface area (Å²) in [4.78, 5) is 0. The van der Waals surface area contributed by atoms with Crippen LogP contribution in [0.3, 0.4) is 0 Å². The Morgan fingerprint density at radius 3 is 2.50 bits per heavy atom. The van der Waals surface area contributed by atoms with Crippen LogP contribution in [0.5, 0.6) is 0 Å². The van der Waals surface area contributed by atoms with Gasteiger partial charge in [-0.1, -0.05) is 17.9 Å². The molecule has 0 radical (unpaired) electrons. The molecule has 1 aromatic rings. The Kier molecular flexibility index (Phi) is 5.17. The van der Waals surface area contributed by atoms with Gasteiger partial charge in [-0.05, 0) is 45.4 Å². The van der Waals surface area contributed by atoms with E-state index < -0.39 is 15.7 Å². The van der Waals surface area contributed by atoms with Gasteiger partial charge in [0.1, 0.15) is 6.61 Å². The van der Waals surface area contributed by atoms with Gasteiger partial charge in [0.05, 0.1) is 5.69 Å². The Morgan fingerprint density at radius 2 is 1.95 bits per heavy atom. The lowest BCUT2D eigenvalue weighted by Gasteiger charge is -2.21. The largest absolute Gasteiger partial charge is 0.384 e. The standard InChI is InChI=1S/C14H20N2O3S/c1-11-7-8-12(6-5-9-17)13(10-11)15-20(18,19)16-14(2,3)4/h7-8,10,15-17H,9H2,1-4H3. The average Bonchev–Trinajstić information content (AvgIpc) is 2.24. The smallest absolute Gasteiger partial charge is 0.299 e. The summed E-state index contributed by atoms with van der Waals surface area (Å²) in [6.07, 6.45) is 0. The van der Waals surface area contributed by atoms with Crippen LogP contribution in [0.2, 0.25) is 0 Å². The Bertz CT molecular complexity index is 635. The maximum atomic E-state index is 12.0. The van der Waals surface area contributed by atoms with E-state index in [9.17, 15) is 8.42 Å². The molecule has 0 aromatic heterocycles. The molecule has 6 heteroatoms. The van der Waals surface area contributed by atoms with E-state index >= 15 is 0 Å². The number of anilines is 1. The van der Waals surface area contributed by atoms with Crippen molar-refractivity contribution in [1.82, 2.24) is 4.72 Å². The molecule has 0 spiro atoms. The molecule has 0 saturated carbocycles. The van der Waals surface area contributed by atoms with Crippen molar-refractivity contribution in [2.75, 3.05) is 11.3 Å². The third-order valence-electron chi connectivity index (χ3n) is 2.16. The van der Waals surface area contributed by atoms with Crippen molar-refractivity contribution in [3.63, 3.8) is 0 Å². The van der Waals surface area contributed by atoms with Crippen LogP contribution in [0.1, 0.15) is 31.9 Å². The molecule has 0 heterocycles. The Morgan fingerprint density at radius 1 is 1.30 bits per heavy atom. The third kappa shape index (κ3) is 5.61. The molecule has 0 aliphatic heterocycles. The molecule has 0 aliphatic carbocycles. The van der Waals surface area contributed by atoms with Gasteiger partial charge >= 0.3 is 0 Å². The number of aryl methyl sites for hydroxylation is 1. The fraction of sp³-hybridized carbons (Fsp3) is 0.429. The van der Waals surface area contributed by atoms with E-state index in [1.807, 2.05) is 13.0 Å². The van der Waals surface area contributed by atoms with Gasteiger partial charge in [0, 0.05) is 11.1 Å². The molecule has 0 amide bonds. The summed E-state index contributed by atoms with van der Waals surface area (Å²) in [6, 6.07) is 5.24. The van der Waals surface area contributed by atoms with Crippen LogP contribution in [-0.2, 0) is 10.2 Å². The Labute approximate surface area is 120 Å². The molecular formula is C14H20N2O3S. The summed E-state index contributed by atoms with van der Waals surface area (Å²) in [5, 5.41) is 8.73. The zero-order valence-corrected chi connectivity index (χ0v) is 12.9. The quantitative estimate of drug-likeness (QED) is 0.737. The van der Waals surface area contributed by atoms with Gasteiger partial charge < -0.3 is 5.11 Å². The predicted octanol–water partition coefficient (Wildman–Crippen LogP) is 1.38. The molecule has 0 saturated heterocycles. The summed E-state index contributed by atoms with van der Waals surface area (Å²) in [5.74, 6) is 5.23. The zero-order chi connectivity index (χ0) is 15.4. The fourth-order valence-electron chi connectivity index (χ4n) is 1.56. The molecule has 1 aromatic carbocycles. The highest BCUT2D eigenvalue weighted by atomic mass is 32.2. The van der Waals surface area contributed by atoms with Gasteiger partial charge in [0.2, 0.25) is 0 Å². The monoisotopic (exact) mass is 296 g/mol. The number of benzene rings is 1. The van der Waals surface area contributed by atoms with Crippen LogP contribution in [0.25, 0.3) is 0 Å². The van der Waals surface area contributed by atoms with Crippen LogP contribution in [0, 0.1) is 18.8 Å². The number of aliphatic hydroxyl groups excluding tert-OH is 1. The normalized spacial score (nSPS) is 11.7. The van der Waals surface area contributed by atoms with Crippen LogP contribution in [0.4, 0.5) is 5.69 Å². The van der Waals surface area contributed by atoms with Crippen molar-refractivity contribution in [3.8, 4) is 11.8 Å².